The molecule has 6 heteroatoms. The lowest BCUT2D eigenvalue weighted by Gasteiger charge is -2.17. The Morgan fingerprint density at radius 2 is 1.95 bits per heavy atom. The highest BCUT2D eigenvalue weighted by Crippen LogP contribution is 2.35. The lowest BCUT2D eigenvalue weighted by atomic mass is 9.95. The fourth-order valence-electron chi connectivity index (χ4n) is 2.65. The molecule has 1 fully saturated rings. The third-order valence-electron chi connectivity index (χ3n) is 4.09. The van der Waals surface area contributed by atoms with Crippen molar-refractivity contribution in [1.82, 2.24) is 10.3 Å². The highest BCUT2D eigenvalue weighted by atomic mass is 16.4. The van der Waals surface area contributed by atoms with Crippen LogP contribution in [0.1, 0.15) is 47.3 Å². The summed E-state index contributed by atoms with van der Waals surface area (Å²) in [5.74, 6) is -1.64. The molecule has 20 heavy (non-hydrogen) atoms. The Kier molecular flexibility index (Phi) is 2.88. The van der Waals surface area contributed by atoms with Crippen molar-refractivity contribution in [3.05, 3.63) is 33.2 Å². The van der Waals surface area contributed by atoms with Crippen LogP contribution in [-0.4, -0.2) is 27.5 Å². The predicted molar refractivity (Wildman–Crippen MR) is 70.8 cm³/mol. The van der Waals surface area contributed by atoms with Crippen molar-refractivity contribution < 1.29 is 14.7 Å². The molecular formula is C14H16N2O4. The lowest BCUT2D eigenvalue weighted by molar-refractivity contribution is -0.140. The van der Waals surface area contributed by atoms with E-state index in [0.29, 0.717) is 12.8 Å². The summed E-state index contributed by atoms with van der Waals surface area (Å²) in [4.78, 5) is 37.9. The first-order valence-electron chi connectivity index (χ1n) is 6.83. The molecule has 2 aliphatic carbocycles. The minimum Gasteiger partial charge on any atom is -0.480 e. The number of aryl methyl sites for hydroxylation is 2. The minimum atomic E-state index is -1.17. The molecule has 1 aromatic heterocycles. The number of carbonyl (C=O) groups excluding carboxylic acids is 1. The first kappa shape index (κ1) is 12.9. The second kappa shape index (κ2) is 4.47. The monoisotopic (exact) mass is 276 g/mol. The van der Waals surface area contributed by atoms with E-state index in [9.17, 15) is 14.4 Å². The number of nitrogens with one attached hydrogen (secondary N) is 2. The first-order valence-corrected chi connectivity index (χ1v) is 6.83. The zero-order valence-corrected chi connectivity index (χ0v) is 11.0. The molecular weight excluding hydrogens is 260 g/mol. The standard InChI is InChI=1S/C14H16N2O4/c17-11-9(7-8-3-1-2-4-10(8)15-11)12(18)16-14(5-6-14)13(19)20/h7H,1-6H2,(H,15,17)(H,16,18)(H,19,20). The first-order chi connectivity index (χ1) is 9.52. The highest BCUT2D eigenvalue weighted by molar-refractivity contribution is 5.98. The Labute approximate surface area is 115 Å². The number of hydrogen-bond acceptors (Lipinski definition) is 3. The molecule has 0 radical (unpaired) electrons. The van der Waals surface area contributed by atoms with Crippen molar-refractivity contribution in [3.8, 4) is 0 Å². The van der Waals surface area contributed by atoms with Crippen LogP contribution in [0.5, 0.6) is 0 Å². The fraction of sp³-hybridized carbons (Fsp3) is 0.500. The summed E-state index contributed by atoms with van der Waals surface area (Å²) in [7, 11) is 0. The maximum absolute atomic E-state index is 12.1. The maximum atomic E-state index is 12.1. The van der Waals surface area contributed by atoms with Crippen LogP contribution in [0.2, 0.25) is 0 Å². The van der Waals surface area contributed by atoms with E-state index in [0.717, 1.165) is 36.9 Å². The van der Waals surface area contributed by atoms with Crippen molar-refractivity contribution in [2.75, 3.05) is 0 Å². The molecule has 0 atom stereocenters. The predicted octanol–water partition coefficient (Wildman–Crippen LogP) is 0.601. The molecule has 0 unspecified atom stereocenters. The van der Waals surface area contributed by atoms with Gasteiger partial charge in [0.15, 0.2) is 0 Å². The Morgan fingerprint density at radius 3 is 2.60 bits per heavy atom. The van der Waals surface area contributed by atoms with Gasteiger partial charge in [0.1, 0.15) is 11.1 Å². The van der Waals surface area contributed by atoms with Crippen molar-refractivity contribution in [2.45, 2.75) is 44.1 Å². The molecule has 1 heterocycles. The summed E-state index contributed by atoms with van der Waals surface area (Å²) in [6.45, 7) is 0. The molecule has 0 saturated heterocycles. The van der Waals surface area contributed by atoms with Gasteiger partial charge in [-0.25, -0.2) is 4.79 Å². The van der Waals surface area contributed by atoms with E-state index < -0.39 is 23.0 Å². The number of aromatic nitrogens is 1. The molecule has 0 aliphatic heterocycles. The van der Waals surface area contributed by atoms with Gasteiger partial charge in [0.05, 0.1) is 0 Å². The van der Waals surface area contributed by atoms with Gasteiger partial charge in [0, 0.05) is 5.69 Å². The van der Waals surface area contributed by atoms with Crippen molar-refractivity contribution in [1.29, 1.82) is 0 Å². The summed E-state index contributed by atoms with van der Waals surface area (Å²) >= 11 is 0. The Morgan fingerprint density at radius 1 is 1.25 bits per heavy atom. The maximum Gasteiger partial charge on any atom is 0.329 e. The quantitative estimate of drug-likeness (QED) is 0.752. The SMILES string of the molecule is O=C(NC1(C(=O)O)CC1)c1cc2c([nH]c1=O)CCCC2. The van der Waals surface area contributed by atoms with E-state index in [1.807, 2.05) is 0 Å². The van der Waals surface area contributed by atoms with E-state index in [-0.39, 0.29) is 5.56 Å². The fourth-order valence-corrected chi connectivity index (χ4v) is 2.65. The number of pyridine rings is 1. The Bertz CT molecular complexity index is 643. The molecule has 3 N–H and O–H groups in total. The molecule has 1 amide bonds. The Hall–Kier alpha value is -2.11. The van der Waals surface area contributed by atoms with Gasteiger partial charge in [-0.3, -0.25) is 9.59 Å². The minimum absolute atomic E-state index is 0.0122. The van der Waals surface area contributed by atoms with Crippen LogP contribution in [0.15, 0.2) is 10.9 Å². The van der Waals surface area contributed by atoms with Gasteiger partial charge in [-0.05, 0) is 50.2 Å². The molecule has 0 aromatic carbocycles. The van der Waals surface area contributed by atoms with Crippen LogP contribution < -0.4 is 10.9 Å². The summed E-state index contributed by atoms with van der Waals surface area (Å²) in [5.41, 5.74) is 0.292. The molecule has 0 bridgehead atoms. The molecule has 3 rings (SSSR count). The zero-order valence-electron chi connectivity index (χ0n) is 11.0. The number of carboxylic acid groups (broad SMARTS) is 1. The van der Waals surface area contributed by atoms with Gasteiger partial charge < -0.3 is 15.4 Å². The smallest absolute Gasteiger partial charge is 0.329 e. The molecule has 106 valence electrons. The van der Waals surface area contributed by atoms with Gasteiger partial charge in [-0.2, -0.15) is 0 Å². The van der Waals surface area contributed by atoms with Crippen LogP contribution in [0.4, 0.5) is 0 Å². The largest absolute Gasteiger partial charge is 0.480 e. The van der Waals surface area contributed by atoms with Crippen LogP contribution in [-0.2, 0) is 17.6 Å². The van der Waals surface area contributed by atoms with Gasteiger partial charge in [0.2, 0.25) is 0 Å². The molecule has 2 aliphatic rings. The van der Waals surface area contributed by atoms with E-state index in [2.05, 4.69) is 10.3 Å². The number of hydrogen-bond donors (Lipinski definition) is 3. The summed E-state index contributed by atoms with van der Waals surface area (Å²) in [6, 6.07) is 1.61. The Balaban J connectivity index is 1.88. The highest BCUT2D eigenvalue weighted by Gasteiger charge is 2.51. The second-order valence-corrected chi connectivity index (χ2v) is 5.56. The number of rotatable bonds is 3. The average Bonchev–Trinajstić information content (AvgIpc) is 3.18. The van der Waals surface area contributed by atoms with Crippen molar-refractivity contribution in [3.63, 3.8) is 0 Å². The number of aliphatic carboxylic acids is 1. The van der Waals surface area contributed by atoms with Gasteiger partial charge in [-0.1, -0.05) is 0 Å². The third kappa shape index (κ3) is 2.11. The van der Waals surface area contributed by atoms with Crippen LogP contribution >= 0.6 is 0 Å². The summed E-state index contributed by atoms with van der Waals surface area (Å²) in [5, 5.41) is 11.5. The normalized spacial score (nSPS) is 19.0. The molecule has 6 nitrogen and oxygen atoms in total. The number of H-pyrrole nitrogens is 1. The number of carbonyl (C=O) groups is 2. The topological polar surface area (TPSA) is 99.3 Å². The van der Waals surface area contributed by atoms with Gasteiger partial charge in [-0.15, -0.1) is 0 Å². The van der Waals surface area contributed by atoms with E-state index in [1.54, 1.807) is 6.07 Å². The average molecular weight is 276 g/mol. The van der Waals surface area contributed by atoms with Gasteiger partial charge in [0.25, 0.3) is 11.5 Å². The molecule has 0 spiro atoms. The number of amides is 1. The summed E-state index contributed by atoms with van der Waals surface area (Å²) in [6.07, 6.45) is 4.58. The molecule has 1 aromatic rings. The van der Waals surface area contributed by atoms with Crippen LogP contribution in [0, 0.1) is 0 Å². The second-order valence-electron chi connectivity index (χ2n) is 5.56. The van der Waals surface area contributed by atoms with E-state index in [1.165, 1.54) is 0 Å². The number of carboxylic acids is 1. The number of fused-ring (bicyclic) bond motifs is 1. The zero-order chi connectivity index (χ0) is 14.3. The number of aromatic amines is 1. The van der Waals surface area contributed by atoms with Gasteiger partial charge >= 0.3 is 5.97 Å². The van der Waals surface area contributed by atoms with E-state index in [4.69, 9.17) is 5.11 Å². The van der Waals surface area contributed by atoms with Crippen LogP contribution in [0.25, 0.3) is 0 Å². The molecule has 1 saturated carbocycles. The third-order valence-corrected chi connectivity index (χ3v) is 4.09. The van der Waals surface area contributed by atoms with E-state index >= 15 is 0 Å². The lowest BCUT2D eigenvalue weighted by Crippen LogP contribution is -2.44. The van der Waals surface area contributed by atoms with Crippen molar-refractivity contribution in [2.24, 2.45) is 0 Å². The van der Waals surface area contributed by atoms with Crippen LogP contribution in [0.3, 0.4) is 0 Å². The van der Waals surface area contributed by atoms with Crippen molar-refractivity contribution >= 4 is 11.9 Å². The summed E-state index contributed by atoms with van der Waals surface area (Å²) < 4.78 is 0.